The van der Waals surface area contributed by atoms with Gasteiger partial charge >= 0.3 is 5.97 Å². The van der Waals surface area contributed by atoms with E-state index in [9.17, 15) is 9.59 Å². The van der Waals surface area contributed by atoms with E-state index in [4.69, 9.17) is 44.3 Å². The molecule has 3 aromatic rings. The van der Waals surface area contributed by atoms with E-state index in [-0.39, 0.29) is 24.7 Å². The molecule has 0 N–H and O–H groups in total. The summed E-state index contributed by atoms with van der Waals surface area (Å²) in [5.74, 6) is -0.756. The molecule has 0 fully saturated rings. The van der Waals surface area contributed by atoms with E-state index in [1.165, 1.54) is 0 Å². The van der Waals surface area contributed by atoms with Crippen LogP contribution in [0.25, 0.3) is 5.69 Å². The van der Waals surface area contributed by atoms with E-state index in [0.29, 0.717) is 26.3 Å². The molecule has 150 valence electrons. The Labute approximate surface area is 181 Å². The van der Waals surface area contributed by atoms with Gasteiger partial charge in [-0.3, -0.25) is 4.79 Å². The molecule has 1 heterocycles. The van der Waals surface area contributed by atoms with Crippen LogP contribution in [0.3, 0.4) is 0 Å². The molecular weight excluding hydrogens is 439 g/mol. The minimum atomic E-state index is -0.731. The maximum Gasteiger partial charge on any atom is 0.362 e. The second-order valence-corrected chi connectivity index (χ2v) is 7.05. The normalized spacial score (nSPS) is 10.6. The zero-order valence-electron chi connectivity index (χ0n) is 15.2. The lowest BCUT2D eigenvalue weighted by Gasteiger charge is -2.13. The van der Waals surface area contributed by atoms with Crippen LogP contribution in [0.2, 0.25) is 15.1 Å². The largest absolute Gasteiger partial charge is 0.486 e. The molecule has 9 heteroatoms. The summed E-state index contributed by atoms with van der Waals surface area (Å²) < 4.78 is 11.7. The Morgan fingerprint density at radius 1 is 1.07 bits per heavy atom. The number of esters is 1. The first-order valence-corrected chi connectivity index (χ1v) is 9.67. The summed E-state index contributed by atoms with van der Waals surface area (Å²) in [5.41, 5.74) is 0.276. The number of benzene rings is 2. The minimum Gasteiger partial charge on any atom is -0.486 e. The third-order valence-corrected chi connectivity index (χ3v) is 4.75. The molecule has 0 aliphatic rings. The van der Waals surface area contributed by atoms with Gasteiger partial charge < -0.3 is 9.47 Å². The maximum atomic E-state index is 12.6. The van der Waals surface area contributed by atoms with Gasteiger partial charge in [-0.1, -0.05) is 53.0 Å². The number of carbonyl (C=O) groups is 1. The fraction of sp³-hybridized carbons (Fsp3) is 0.150. The summed E-state index contributed by atoms with van der Waals surface area (Å²) in [5, 5.41) is 5.32. The zero-order chi connectivity index (χ0) is 21.0. The Hall–Kier alpha value is -2.54. The number of hydrogen-bond acceptors (Lipinski definition) is 5. The molecule has 2 aromatic carbocycles. The van der Waals surface area contributed by atoms with Crippen molar-refractivity contribution in [1.29, 1.82) is 0 Å². The van der Waals surface area contributed by atoms with Crippen molar-refractivity contribution in [2.45, 2.75) is 13.5 Å². The Kier molecular flexibility index (Phi) is 6.79. The molecular formula is C20H15Cl3N2O4. The summed E-state index contributed by atoms with van der Waals surface area (Å²) in [6.45, 7) is 1.80. The quantitative estimate of drug-likeness (QED) is 0.494. The summed E-state index contributed by atoms with van der Waals surface area (Å²) in [4.78, 5) is 25.0. The van der Waals surface area contributed by atoms with E-state index in [0.717, 1.165) is 10.7 Å². The van der Waals surface area contributed by atoms with Crippen molar-refractivity contribution in [3.63, 3.8) is 0 Å². The smallest absolute Gasteiger partial charge is 0.362 e. The van der Waals surface area contributed by atoms with Gasteiger partial charge in [0, 0.05) is 15.6 Å². The van der Waals surface area contributed by atoms with Gasteiger partial charge in [0.15, 0.2) is 5.75 Å². The molecule has 3 rings (SSSR count). The monoisotopic (exact) mass is 452 g/mol. The highest BCUT2D eigenvalue weighted by Crippen LogP contribution is 2.24. The van der Waals surface area contributed by atoms with Gasteiger partial charge in [-0.25, -0.2) is 4.79 Å². The molecule has 0 saturated heterocycles. The van der Waals surface area contributed by atoms with Crippen molar-refractivity contribution >= 4 is 40.8 Å². The first-order valence-electron chi connectivity index (χ1n) is 8.54. The van der Waals surface area contributed by atoms with E-state index >= 15 is 0 Å². The number of ether oxygens (including phenoxy) is 2. The van der Waals surface area contributed by atoms with E-state index < -0.39 is 11.5 Å². The molecule has 0 saturated carbocycles. The average molecular weight is 454 g/mol. The number of rotatable bonds is 6. The Morgan fingerprint density at radius 2 is 1.83 bits per heavy atom. The van der Waals surface area contributed by atoms with Crippen molar-refractivity contribution in [2.75, 3.05) is 6.61 Å². The van der Waals surface area contributed by atoms with Crippen LogP contribution >= 0.6 is 34.8 Å². The molecule has 0 bridgehead atoms. The van der Waals surface area contributed by atoms with Crippen molar-refractivity contribution in [1.82, 2.24) is 9.78 Å². The molecule has 0 amide bonds. The van der Waals surface area contributed by atoms with E-state index in [1.807, 2.05) is 0 Å². The van der Waals surface area contributed by atoms with Crippen LogP contribution in [0.15, 0.2) is 53.3 Å². The first-order chi connectivity index (χ1) is 13.9. The second-order valence-electron chi connectivity index (χ2n) is 5.80. The van der Waals surface area contributed by atoms with Gasteiger partial charge in [0.1, 0.15) is 6.61 Å². The lowest BCUT2D eigenvalue weighted by Crippen LogP contribution is -2.25. The van der Waals surface area contributed by atoms with E-state index in [1.54, 1.807) is 49.4 Å². The standard InChI is InChI=1S/C20H15Cl3N2O4/c1-2-28-20(27)19-17(29-11-12-7-8-13(21)9-15(12)23)10-18(26)25(24-19)16-6-4-3-5-14(16)22/h3-10H,2,11H2,1H3. The molecule has 0 aliphatic carbocycles. The van der Waals surface area contributed by atoms with Crippen LogP contribution in [-0.2, 0) is 11.3 Å². The van der Waals surface area contributed by atoms with Crippen LogP contribution < -0.4 is 10.3 Å². The van der Waals surface area contributed by atoms with Crippen molar-refractivity contribution in [3.8, 4) is 11.4 Å². The molecule has 0 aliphatic heterocycles. The molecule has 6 nitrogen and oxygen atoms in total. The zero-order valence-corrected chi connectivity index (χ0v) is 17.5. The second kappa shape index (κ2) is 9.31. The van der Waals surface area contributed by atoms with Gasteiger partial charge in [0.05, 0.1) is 23.4 Å². The van der Waals surface area contributed by atoms with Crippen LogP contribution in [0.1, 0.15) is 23.0 Å². The number of carbonyl (C=O) groups excluding carboxylic acids is 1. The van der Waals surface area contributed by atoms with Gasteiger partial charge in [-0.05, 0) is 31.2 Å². The van der Waals surface area contributed by atoms with Crippen molar-refractivity contribution < 1.29 is 14.3 Å². The third-order valence-electron chi connectivity index (χ3n) is 3.84. The average Bonchev–Trinajstić information content (AvgIpc) is 2.68. The van der Waals surface area contributed by atoms with Crippen molar-refractivity contribution in [3.05, 3.63) is 85.2 Å². The molecule has 29 heavy (non-hydrogen) atoms. The summed E-state index contributed by atoms with van der Waals surface area (Å²) in [6, 6.07) is 12.7. The van der Waals surface area contributed by atoms with Crippen LogP contribution in [0.5, 0.6) is 5.75 Å². The van der Waals surface area contributed by atoms with Gasteiger partial charge in [-0.2, -0.15) is 9.78 Å². The highest BCUT2D eigenvalue weighted by Gasteiger charge is 2.21. The highest BCUT2D eigenvalue weighted by molar-refractivity contribution is 6.35. The Morgan fingerprint density at radius 3 is 2.52 bits per heavy atom. The summed E-state index contributed by atoms with van der Waals surface area (Å²) in [7, 11) is 0. The van der Waals surface area contributed by atoms with Crippen LogP contribution in [0, 0.1) is 0 Å². The number of para-hydroxylation sites is 1. The van der Waals surface area contributed by atoms with Gasteiger partial charge in [-0.15, -0.1) is 0 Å². The van der Waals surface area contributed by atoms with Crippen LogP contribution in [0.4, 0.5) is 0 Å². The number of hydrogen-bond donors (Lipinski definition) is 0. The minimum absolute atomic E-state index is 0.000363. The topological polar surface area (TPSA) is 70.4 Å². The highest BCUT2D eigenvalue weighted by atomic mass is 35.5. The van der Waals surface area contributed by atoms with Gasteiger partial charge in [0.25, 0.3) is 5.56 Å². The molecule has 0 spiro atoms. The molecule has 1 aromatic heterocycles. The lowest BCUT2D eigenvalue weighted by molar-refractivity contribution is 0.0511. The van der Waals surface area contributed by atoms with Crippen LogP contribution in [-0.4, -0.2) is 22.4 Å². The number of halogens is 3. The molecule has 0 radical (unpaired) electrons. The van der Waals surface area contributed by atoms with E-state index in [2.05, 4.69) is 5.10 Å². The van der Waals surface area contributed by atoms with Gasteiger partial charge in [0.2, 0.25) is 5.69 Å². The summed E-state index contributed by atoms with van der Waals surface area (Å²) in [6.07, 6.45) is 0. The Bertz CT molecular complexity index is 1120. The Balaban J connectivity index is 2.01. The fourth-order valence-corrected chi connectivity index (χ4v) is 3.16. The maximum absolute atomic E-state index is 12.6. The summed E-state index contributed by atoms with van der Waals surface area (Å²) >= 11 is 18.2. The third kappa shape index (κ3) is 4.90. The lowest BCUT2D eigenvalue weighted by atomic mass is 10.2. The predicted octanol–water partition coefficient (Wildman–Crippen LogP) is 4.95. The van der Waals surface area contributed by atoms with Crippen molar-refractivity contribution in [2.24, 2.45) is 0 Å². The first kappa shape index (κ1) is 21.2. The number of aromatic nitrogens is 2. The SMILES string of the molecule is CCOC(=O)c1nn(-c2ccccc2Cl)c(=O)cc1OCc1ccc(Cl)cc1Cl. The predicted molar refractivity (Wildman–Crippen MR) is 112 cm³/mol. The fourth-order valence-electron chi connectivity index (χ4n) is 2.48. The number of nitrogens with zero attached hydrogens (tertiary/aromatic N) is 2. The molecule has 0 atom stereocenters. The molecule has 0 unspecified atom stereocenters.